The summed E-state index contributed by atoms with van der Waals surface area (Å²) in [6.07, 6.45) is 9.25. The molecular weight excluding hydrogens is 98.1 g/mol. The molecule has 0 aliphatic carbocycles. The number of hydrogen-bond donors (Lipinski definition) is 0. The third-order valence-electron chi connectivity index (χ3n) is 0.612. The highest BCUT2D eigenvalue weighted by molar-refractivity contribution is 5.05. The van der Waals surface area contributed by atoms with Gasteiger partial charge in [0.25, 0.3) is 0 Å². The van der Waals surface area contributed by atoms with E-state index in [-0.39, 0.29) is 0 Å². The van der Waals surface area contributed by atoms with E-state index in [0.717, 1.165) is 6.54 Å². The maximum Gasteiger partial charge on any atom is 0.0393 e. The molecule has 2 radical (unpaired) electrons. The van der Waals surface area contributed by atoms with Crippen LogP contribution in [0.5, 0.6) is 0 Å². The van der Waals surface area contributed by atoms with Crippen molar-refractivity contribution < 1.29 is 0 Å². The molecule has 0 unspecified atom stereocenters. The minimum absolute atomic E-state index is 0.626. The van der Waals surface area contributed by atoms with Gasteiger partial charge in [-0.2, -0.15) is 0 Å². The highest BCUT2D eigenvalue weighted by Crippen LogP contribution is 1.65. The van der Waals surface area contributed by atoms with Crippen molar-refractivity contribution in [3.05, 3.63) is 12.2 Å². The number of hydrogen-bond acceptors (Lipinski definition) is 0. The fourth-order valence-corrected chi connectivity index (χ4v) is 0.281. The van der Waals surface area contributed by atoms with Gasteiger partial charge in [0.05, 0.1) is 0 Å². The molecule has 0 aliphatic rings. The first-order valence-electron chi connectivity index (χ1n) is 2.56. The fourth-order valence-electron chi connectivity index (χ4n) is 0.281. The third-order valence-corrected chi connectivity index (χ3v) is 0.612. The van der Waals surface area contributed by atoms with Crippen LogP contribution in [0.1, 0.15) is 6.92 Å². The first-order valence-corrected chi connectivity index (χ1v) is 2.56. The molecule has 0 aromatic heterocycles. The molecule has 0 amide bonds. The molecule has 0 N–H and O–H groups in total. The molecule has 0 atom stereocenters. The Balaban J connectivity index is 2.94. The average molecular weight is 107 g/mol. The van der Waals surface area contributed by atoms with Crippen LogP contribution in [0.3, 0.4) is 0 Å². The van der Waals surface area contributed by atoms with Crippen LogP contribution >= 0.6 is 0 Å². The molecule has 42 valence electrons. The molecule has 1 heteroatoms. The van der Waals surface area contributed by atoms with Crippen LogP contribution in [0.25, 0.3) is 0 Å². The molecule has 0 saturated heterocycles. The van der Waals surface area contributed by atoms with E-state index < -0.39 is 0 Å². The van der Waals surface area contributed by atoms with E-state index in [4.69, 9.17) is 6.42 Å². The van der Waals surface area contributed by atoms with E-state index in [0.29, 0.717) is 6.54 Å². The normalized spacial score (nSPS) is 9.50. The van der Waals surface area contributed by atoms with E-state index in [1.54, 1.807) is 6.08 Å². The lowest BCUT2D eigenvalue weighted by Gasteiger charge is -1.85. The molecule has 0 rings (SSSR count). The Morgan fingerprint density at radius 3 is 3.00 bits per heavy atom. The second-order valence-corrected chi connectivity index (χ2v) is 1.21. The highest BCUT2D eigenvalue weighted by Gasteiger charge is 1.73. The van der Waals surface area contributed by atoms with Crippen LogP contribution in [0.2, 0.25) is 0 Å². The zero-order chi connectivity index (χ0) is 6.24. The monoisotopic (exact) mass is 107 g/mol. The lowest BCUT2D eigenvalue weighted by Crippen LogP contribution is -2.02. The van der Waals surface area contributed by atoms with Crippen LogP contribution < -0.4 is 5.32 Å². The SMILES string of the molecule is C#C/C=[C]/C[N]CC. The first kappa shape index (κ1) is 7.26. The largest absolute Gasteiger partial charge is 0.237 e. The summed E-state index contributed by atoms with van der Waals surface area (Å²) in [6.45, 7) is 3.45. The van der Waals surface area contributed by atoms with Crippen molar-refractivity contribution in [2.75, 3.05) is 13.1 Å². The highest BCUT2D eigenvalue weighted by atomic mass is 14.8. The zero-order valence-corrected chi connectivity index (χ0v) is 5.02. The molecule has 0 bridgehead atoms. The summed E-state index contributed by atoms with van der Waals surface area (Å²) in [4.78, 5) is 0. The topological polar surface area (TPSA) is 14.1 Å². The van der Waals surface area contributed by atoms with Gasteiger partial charge >= 0.3 is 0 Å². The van der Waals surface area contributed by atoms with E-state index in [2.05, 4.69) is 17.3 Å². The van der Waals surface area contributed by atoms with Gasteiger partial charge in [0, 0.05) is 13.1 Å². The first-order chi connectivity index (χ1) is 3.91. The standard InChI is InChI=1S/C7H9N/c1-3-5-6-7-8-4-2/h1,5H,4,7H2,2H3. The molecule has 0 heterocycles. The Bertz CT molecular complexity index is 97.4. The molecule has 8 heavy (non-hydrogen) atoms. The summed E-state index contributed by atoms with van der Waals surface area (Å²) in [5.41, 5.74) is 0. The van der Waals surface area contributed by atoms with Crippen LogP contribution in [-0.4, -0.2) is 13.1 Å². The fraction of sp³-hybridized carbons (Fsp3) is 0.429. The van der Waals surface area contributed by atoms with Crippen molar-refractivity contribution in [3.8, 4) is 12.3 Å². The van der Waals surface area contributed by atoms with Gasteiger partial charge in [0.2, 0.25) is 0 Å². The number of nitrogens with zero attached hydrogens (tertiary/aromatic N) is 1. The predicted molar refractivity (Wildman–Crippen MR) is 34.2 cm³/mol. The van der Waals surface area contributed by atoms with Gasteiger partial charge in [-0.1, -0.05) is 12.8 Å². The molecule has 0 aromatic carbocycles. The van der Waals surface area contributed by atoms with Crippen molar-refractivity contribution in [1.29, 1.82) is 0 Å². The lowest BCUT2D eigenvalue weighted by atomic mass is 10.5. The third kappa shape index (κ3) is 5.26. The zero-order valence-electron chi connectivity index (χ0n) is 5.02. The van der Waals surface area contributed by atoms with Crippen molar-refractivity contribution in [3.63, 3.8) is 0 Å². The van der Waals surface area contributed by atoms with Crippen molar-refractivity contribution in [1.82, 2.24) is 5.32 Å². The lowest BCUT2D eigenvalue weighted by molar-refractivity contribution is 0.773. The van der Waals surface area contributed by atoms with Gasteiger partial charge in [-0.05, 0) is 12.2 Å². The van der Waals surface area contributed by atoms with E-state index in [1.807, 2.05) is 6.92 Å². The second-order valence-electron chi connectivity index (χ2n) is 1.21. The quantitative estimate of drug-likeness (QED) is 0.370. The van der Waals surface area contributed by atoms with Crippen LogP contribution in [-0.2, 0) is 0 Å². The summed E-state index contributed by atoms with van der Waals surface area (Å²) in [7, 11) is 0. The molecule has 0 fully saturated rings. The predicted octanol–water partition coefficient (Wildman–Crippen LogP) is 0.603. The summed E-state index contributed by atoms with van der Waals surface area (Å²) in [6, 6.07) is 0. The molecule has 0 saturated carbocycles. The smallest absolute Gasteiger partial charge is 0.0393 e. The summed E-state index contributed by atoms with van der Waals surface area (Å²) in [5.74, 6) is 2.33. The average Bonchev–Trinajstić information content (AvgIpc) is 1.81. The van der Waals surface area contributed by atoms with E-state index in [9.17, 15) is 0 Å². The van der Waals surface area contributed by atoms with Gasteiger partial charge < -0.3 is 0 Å². The van der Waals surface area contributed by atoms with Gasteiger partial charge in [-0.25, -0.2) is 5.32 Å². The van der Waals surface area contributed by atoms with Crippen molar-refractivity contribution in [2.24, 2.45) is 0 Å². The van der Waals surface area contributed by atoms with Gasteiger partial charge in [-0.3, -0.25) is 0 Å². The Kier molecular flexibility index (Phi) is 5.68. The van der Waals surface area contributed by atoms with Crippen molar-refractivity contribution in [2.45, 2.75) is 6.92 Å². The van der Waals surface area contributed by atoms with E-state index >= 15 is 0 Å². The van der Waals surface area contributed by atoms with Gasteiger partial charge in [-0.15, -0.1) is 6.42 Å². The Hall–Kier alpha value is -0.740. The Morgan fingerprint density at radius 1 is 1.75 bits per heavy atom. The van der Waals surface area contributed by atoms with Crippen molar-refractivity contribution >= 4 is 0 Å². The number of terminal acetylenes is 1. The summed E-state index contributed by atoms with van der Waals surface area (Å²) < 4.78 is 0. The molecular formula is C7H9N. The van der Waals surface area contributed by atoms with Crippen LogP contribution in [0, 0.1) is 18.4 Å². The van der Waals surface area contributed by atoms with Crippen LogP contribution in [0.15, 0.2) is 6.08 Å². The molecule has 1 nitrogen and oxygen atoms in total. The number of likely N-dealkylation sites (N-methyl/N-ethyl adjacent to an activating group) is 1. The number of allylic oxidation sites excluding steroid dienone is 1. The molecule has 0 aliphatic heterocycles. The minimum Gasteiger partial charge on any atom is -0.237 e. The van der Waals surface area contributed by atoms with Gasteiger partial charge in [0.1, 0.15) is 0 Å². The number of rotatable bonds is 3. The van der Waals surface area contributed by atoms with Crippen LogP contribution in [0.4, 0.5) is 0 Å². The van der Waals surface area contributed by atoms with Gasteiger partial charge in [0.15, 0.2) is 0 Å². The maximum absolute atomic E-state index is 4.90. The Morgan fingerprint density at radius 2 is 2.50 bits per heavy atom. The second kappa shape index (κ2) is 6.26. The molecule has 0 aromatic rings. The summed E-state index contributed by atoms with van der Waals surface area (Å²) in [5, 5.41) is 3.97. The molecule has 0 spiro atoms. The summed E-state index contributed by atoms with van der Waals surface area (Å²) >= 11 is 0. The minimum atomic E-state index is 0.626. The van der Waals surface area contributed by atoms with E-state index in [1.165, 1.54) is 0 Å². The Labute approximate surface area is 50.8 Å². The maximum atomic E-state index is 4.90.